The zero-order valence-corrected chi connectivity index (χ0v) is 17.5. The normalized spacial score (nSPS) is 31.2. The van der Waals surface area contributed by atoms with Gasteiger partial charge in [0.15, 0.2) is 0 Å². The van der Waals surface area contributed by atoms with Crippen LogP contribution in [0, 0.1) is 30.1 Å². The van der Waals surface area contributed by atoms with E-state index in [1.807, 2.05) is 6.92 Å². The fraction of sp³-hybridized carbons (Fsp3) is 0.650. The average molecular weight is 395 g/mol. The highest BCUT2D eigenvalue weighted by Crippen LogP contribution is 2.54. The summed E-state index contributed by atoms with van der Waals surface area (Å²) in [5.41, 5.74) is 2.09. The Labute approximate surface area is 162 Å². The quantitative estimate of drug-likeness (QED) is 0.593. The number of hydrogen-bond acceptors (Lipinski definition) is 5. The Morgan fingerprint density at radius 2 is 1.93 bits per heavy atom. The fourth-order valence-electron chi connectivity index (χ4n) is 4.71. The summed E-state index contributed by atoms with van der Waals surface area (Å²) in [4.78, 5) is 2.68. The second-order valence-corrected chi connectivity index (χ2v) is 10.1. The molecule has 0 aromatic heterocycles. The number of fused-ring (bicyclic) bond motifs is 3. The molecule has 4 rings (SSSR count). The van der Waals surface area contributed by atoms with Gasteiger partial charge in [-0.15, -0.1) is 0 Å². The third-order valence-electron chi connectivity index (χ3n) is 6.16. The van der Waals surface area contributed by atoms with E-state index in [2.05, 4.69) is 30.7 Å². The molecule has 0 amide bonds. The molecule has 1 aromatic carbocycles. The van der Waals surface area contributed by atoms with Gasteiger partial charge in [-0.2, -0.15) is 13.5 Å². The molecule has 6 nitrogen and oxygen atoms in total. The van der Waals surface area contributed by atoms with E-state index in [0.717, 1.165) is 24.1 Å². The van der Waals surface area contributed by atoms with Gasteiger partial charge in [0.05, 0.1) is 11.0 Å². The van der Waals surface area contributed by atoms with Gasteiger partial charge in [0.25, 0.3) is 10.0 Å². The molecule has 3 aliphatic rings. The highest BCUT2D eigenvalue weighted by atomic mass is 32.2. The molecule has 0 saturated heterocycles. The van der Waals surface area contributed by atoms with E-state index in [4.69, 9.17) is 9.47 Å². The molecule has 4 atom stereocenters. The van der Waals surface area contributed by atoms with E-state index in [-0.39, 0.29) is 35.0 Å². The van der Waals surface area contributed by atoms with Gasteiger partial charge in [0.1, 0.15) is 6.79 Å². The summed E-state index contributed by atoms with van der Waals surface area (Å²) in [6.07, 6.45) is 1.90. The van der Waals surface area contributed by atoms with Gasteiger partial charge in [-0.1, -0.05) is 38.5 Å². The van der Waals surface area contributed by atoms with Crippen LogP contribution in [0.5, 0.6) is 0 Å². The lowest BCUT2D eigenvalue weighted by Gasteiger charge is -2.55. The van der Waals surface area contributed by atoms with E-state index < -0.39 is 10.0 Å². The van der Waals surface area contributed by atoms with Crippen molar-refractivity contribution < 1.29 is 17.9 Å². The van der Waals surface area contributed by atoms with Gasteiger partial charge in [0.2, 0.25) is 0 Å². The molecule has 3 aliphatic carbocycles. The predicted molar refractivity (Wildman–Crippen MR) is 105 cm³/mol. The number of nitrogens with zero attached hydrogens (tertiary/aromatic N) is 1. The van der Waals surface area contributed by atoms with Crippen LogP contribution in [-0.2, 0) is 19.5 Å². The topological polar surface area (TPSA) is 77.0 Å². The Hall–Kier alpha value is -1.44. The summed E-state index contributed by atoms with van der Waals surface area (Å²) in [6.45, 7) is 8.86. The van der Waals surface area contributed by atoms with Crippen LogP contribution >= 0.6 is 0 Å². The van der Waals surface area contributed by atoms with E-state index >= 15 is 0 Å². The van der Waals surface area contributed by atoms with Crippen molar-refractivity contribution >= 4 is 15.7 Å². The van der Waals surface area contributed by atoms with Crippen LogP contribution in [0.15, 0.2) is 34.3 Å². The van der Waals surface area contributed by atoms with Crippen LogP contribution in [0.2, 0.25) is 0 Å². The van der Waals surface area contributed by atoms with Gasteiger partial charge < -0.3 is 9.47 Å². The average Bonchev–Trinajstić information content (AvgIpc) is 2.60. The number of nitrogens with one attached hydrogen (secondary N) is 1. The fourth-order valence-corrected chi connectivity index (χ4v) is 5.54. The number of rotatable bonds is 6. The molecule has 3 saturated carbocycles. The first-order valence-corrected chi connectivity index (χ1v) is 10.9. The third kappa shape index (κ3) is 4.05. The SMILES string of the molecule is COCO[C@@H]1C[C@H]2[C@H](C)/C(=N\NS(=O)(=O)c3ccc(C)cc3)[C@H]1CC2(C)C. The van der Waals surface area contributed by atoms with Crippen molar-refractivity contribution in [2.45, 2.75) is 51.5 Å². The van der Waals surface area contributed by atoms with Gasteiger partial charge >= 0.3 is 0 Å². The molecule has 150 valence electrons. The second-order valence-electron chi connectivity index (χ2n) is 8.49. The smallest absolute Gasteiger partial charge is 0.276 e. The van der Waals surface area contributed by atoms with Crippen LogP contribution in [0.3, 0.4) is 0 Å². The van der Waals surface area contributed by atoms with E-state index in [1.165, 1.54) is 0 Å². The second kappa shape index (κ2) is 7.53. The minimum Gasteiger partial charge on any atom is -0.359 e. The highest BCUT2D eigenvalue weighted by Gasteiger charge is 2.53. The lowest BCUT2D eigenvalue weighted by atomic mass is 9.52. The van der Waals surface area contributed by atoms with Gasteiger partial charge in [0, 0.05) is 24.7 Å². The molecule has 0 aliphatic heterocycles. The molecular weight excluding hydrogens is 364 g/mol. The van der Waals surface area contributed by atoms with E-state index in [1.54, 1.807) is 31.4 Å². The molecule has 27 heavy (non-hydrogen) atoms. The Morgan fingerprint density at radius 3 is 2.56 bits per heavy atom. The van der Waals surface area contributed by atoms with E-state index in [0.29, 0.717) is 5.92 Å². The molecule has 7 heteroatoms. The Balaban J connectivity index is 1.84. The Bertz CT molecular complexity index is 802. The third-order valence-corrected chi connectivity index (χ3v) is 7.39. The summed E-state index contributed by atoms with van der Waals surface area (Å²) in [6, 6.07) is 6.76. The maximum absolute atomic E-state index is 12.6. The van der Waals surface area contributed by atoms with Crippen LogP contribution in [0.25, 0.3) is 0 Å². The van der Waals surface area contributed by atoms with Crippen molar-refractivity contribution in [3.8, 4) is 0 Å². The van der Waals surface area contributed by atoms with Crippen molar-refractivity contribution in [1.29, 1.82) is 0 Å². The van der Waals surface area contributed by atoms with Crippen LogP contribution < -0.4 is 4.83 Å². The minimum atomic E-state index is -3.68. The maximum atomic E-state index is 12.6. The number of hydrogen-bond donors (Lipinski definition) is 1. The molecule has 0 spiro atoms. The van der Waals surface area contributed by atoms with Crippen LogP contribution in [-0.4, -0.2) is 34.1 Å². The van der Waals surface area contributed by atoms with Gasteiger partial charge in [-0.3, -0.25) is 0 Å². The summed E-state index contributed by atoms with van der Waals surface area (Å²) >= 11 is 0. The van der Waals surface area contributed by atoms with Crippen molar-refractivity contribution in [3.63, 3.8) is 0 Å². The van der Waals surface area contributed by atoms with E-state index in [9.17, 15) is 8.42 Å². The molecule has 1 aromatic rings. The summed E-state index contributed by atoms with van der Waals surface area (Å²) in [5, 5.41) is 4.40. The lowest BCUT2D eigenvalue weighted by Crippen LogP contribution is -2.56. The van der Waals surface area contributed by atoms with Crippen molar-refractivity contribution in [2.75, 3.05) is 13.9 Å². The molecule has 3 fully saturated rings. The molecule has 2 bridgehead atoms. The summed E-state index contributed by atoms with van der Waals surface area (Å²) in [5.74, 6) is 0.699. The minimum absolute atomic E-state index is 0.0156. The monoisotopic (exact) mass is 394 g/mol. The molecular formula is C20H30N2O4S. The Morgan fingerprint density at radius 1 is 1.26 bits per heavy atom. The summed E-state index contributed by atoms with van der Waals surface area (Å²) in [7, 11) is -2.07. The Kier molecular flexibility index (Phi) is 5.66. The predicted octanol–water partition coefficient (Wildman–Crippen LogP) is 3.32. The first kappa shape index (κ1) is 20.3. The number of aryl methyl sites for hydroxylation is 1. The van der Waals surface area contributed by atoms with Crippen LogP contribution in [0.1, 0.15) is 39.2 Å². The van der Waals surface area contributed by atoms with Crippen LogP contribution in [0.4, 0.5) is 0 Å². The highest BCUT2D eigenvalue weighted by molar-refractivity contribution is 7.89. The molecule has 0 heterocycles. The molecule has 0 unspecified atom stereocenters. The zero-order valence-electron chi connectivity index (χ0n) is 16.7. The number of sulfonamides is 1. The lowest BCUT2D eigenvalue weighted by molar-refractivity contribution is -0.129. The first-order chi connectivity index (χ1) is 12.7. The van der Waals surface area contributed by atoms with Crippen molar-refractivity contribution in [3.05, 3.63) is 29.8 Å². The molecule has 1 N–H and O–H groups in total. The number of hydrazone groups is 1. The summed E-state index contributed by atoms with van der Waals surface area (Å²) < 4.78 is 36.2. The maximum Gasteiger partial charge on any atom is 0.276 e. The number of benzene rings is 1. The molecule has 0 radical (unpaired) electrons. The van der Waals surface area contributed by atoms with Gasteiger partial charge in [-0.25, -0.2) is 4.83 Å². The first-order valence-electron chi connectivity index (χ1n) is 9.42. The van der Waals surface area contributed by atoms with Gasteiger partial charge in [-0.05, 0) is 43.2 Å². The number of ether oxygens (including phenoxy) is 2. The number of methoxy groups -OCH3 is 1. The zero-order chi connectivity index (χ0) is 19.8. The standard InChI is InChI=1S/C20H30N2O4S/c1-13-6-8-15(9-7-13)27(23,24)22-21-19-14(2)17-10-18(26-12-25-5)16(19)11-20(17,3)4/h6-9,14,16-18,22H,10-12H2,1-5H3/b21-19+/t14-,16-,17-,18+/m0/s1. The largest absolute Gasteiger partial charge is 0.359 e. The van der Waals surface area contributed by atoms with Crippen molar-refractivity contribution in [2.24, 2.45) is 28.3 Å². The van der Waals surface area contributed by atoms with Crippen molar-refractivity contribution in [1.82, 2.24) is 4.83 Å².